The lowest BCUT2D eigenvalue weighted by Gasteiger charge is -1.94. The molecule has 2 heteroatoms. The number of rotatable bonds is 3. The monoisotopic (exact) mass is 151 g/mol. The molecule has 0 amide bonds. The fraction of sp³-hybridized carbons (Fsp3) is 0.667. The van der Waals surface area contributed by atoms with Crippen molar-refractivity contribution in [1.29, 1.82) is 0 Å². The van der Waals surface area contributed by atoms with Crippen LogP contribution in [0.5, 0.6) is 0 Å². The first kappa shape index (κ1) is 6.89. The standard InChI is InChI=1S/C9H13NO/c10-8(6-1-2-6)5-9(11)7-3-4-7/h5-7H,1-4,10H2/b8-5-. The topological polar surface area (TPSA) is 43.1 Å². The molecule has 0 saturated heterocycles. The van der Waals surface area contributed by atoms with Crippen molar-refractivity contribution < 1.29 is 4.79 Å². The molecule has 2 saturated carbocycles. The predicted molar refractivity (Wildman–Crippen MR) is 42.7 cm³/mol. The second-order valence-corrected chi connectivity index (χ2v) is 3.60. The molecular weight excluding hydrogens is 138 g/mol. The van der Waals surface area contributed by atoms with Gasteiger partial charge in [-0.3, -0.25) is 4.79 Å². The van der Waals surface area contributed by atoms with E-state index in [-0.39, 0.29) is 5.78 Å². The average molecular weight is 151 g/mol. The molecule has 0 bridgehead atoms. The van der Waals surface area contributed by atoms with Crippen LogP contribution in [0, 0.1) is 11.8 Å². The Hall–Kier alpha value is -0.790. The number of hydrogen-bond donors (Lipinski definition) is 1. The lowest BCUT2D eigenvalue weighted by molar-refractivity contribution is -0.115. The Labute approximate surface area is 66.5 Å². The van der Waals surface area contributed by atoms with E-state index >= 15 is 0 Å². The highest BCUT2D eigenvalue weighted by molar-refractivity contribution is 5.93. The third kappa shape index (κ3) is 1.62. The van der Waals surface area contributed by atoms with E-state index in [1.807, 2.05) is 0 Å². The minimum atomic E-state index is 0.259. The smallest absolute Gasteiger partial charge is 0.160 e. The maximum absolute atomic E-state index is 11.2. The van der Waals surface area contributed by atoms with E-state index in [9.17, 15) is 4.79 Å². The molecule has 0 aromatic rings. The van der Waals surface area contributed by atoms with Crippen LogP contribution >= 0.6 is 0 Å². The molecule has 11 heavy (non-hydrogen) atoms. The van der Waals surface area contributed by atoms with Gasteiger partial charge < -0.3 is 5.73 Å². The fourth-order valence-electron chi connectivity index (χ4n) is 1.18. The van der Waals surface area contributed by atoms with E-state index in [0.717, 1.165) is 18.5 Å². The molecular formula is C9H13NO. The number of ketones is 1. The third-order valence-electron chi connectivity index (χ3n) is 2.34. The molecule has 0 aliphatic heterocycles. The van der Waals surface area contributed by atoms with Crippen molar-refractivity contribution in [2.24, 2.45) is 17.6 Å². The van der Waals surface area contributed by atoms with E-state index in [1.54, 1.807) is 6.08 Å². The highest BCUT2D eigenvalue weighted by Crippen LogP contribution is 2.35. The molecule has 2 nitrogen and oxygen atoms in total. The zero-order valence-electron chi connectivity index (χ0n) is 6.55. The Morgan fingerprint density at radius 2 is 1.73 bits per heavy atom. The molecule has 0 radical (unpaired) electrons. The number of nitrogens with two attached hydrogens (primary N) is 1. The number of carbonyl (C=O) groups excluding carboxylic acids is 1. The molecule has 2 fully saturated rings. The largest absolute Gasteiger partial charge is 0.402 e. The van der Waals surface area contributed by atoms with Gasteiger partial charge in [-0.15, -0.1) is 0 Å². The Kier molecular flexibility index (Phi) is 1.48. The van der Waals surface area contributed by atoms with Crippen LogP contribution in [-0.2, 0) is 4.79 Å². The molecule has 0 spiro atoms. The summed E-state index contributed by atoms with van der Waals surface area (Å²) in [7, 11) is 0. The lowest BCUT2D eigenvalue weighted by Crippen LogP contribution is -2.05. The quantitative estimate of drug-likeness (QED) is 0.616. The molecule has 2 rings (SSSR count). The number of carbonyl (C=O) groups is 1. The second-order valence-electron chi connectivity index (χ2n) is 3.60. The third-order valence-corrected chi connectivity index (χ3v) is 2.34. The minimum absolute atomic E-state index is 0.259. The average Bonchev–Trinajstić information content (AvgIpc) is 2.84. The highest BCUT2D eigenvalue weighted by Gasteiger charge is 2.30. The molecule has 0 heterocycles. The zero-order valence-corrected chi connectivity index (χ0v) is 6.55. The van der Waals surface area contributed by atoms with Crippen LogP contribution in [0.2, 0.25) is 0 Å². The first-order valence-corrected chi connectivity index (χ1v) is 4.28. The van der Waals surface area contributed by atoms with Crippen LogP contribution < -0.4 is 5.73 Å². The fourth-order valence-corrected chi connectivity index (χ4v) is 1.18. The van der Waals surface area contributed by atoms with Gasteiger partial charge in [0.1, 0.15) is 0 Å². The van der Waals surface area contributed by atoms with Crippen molar-refractivity contribution >= 4 is 5.78 Å². The van der Waals surface area contributed by atoms with Gasteiger partial charge in [-0.2, -0.15) is 0 Å². The van der Waals surface area contributed by atoms with E-state index in [4.69, 9.17) is 5.73 Å². The van der Waals surface area contributed by atoms with Gasteiger partial charge in [0.15, 0.2) is 5.78 Å². The Morgan fingerprint density at radius 1 is 1.18 bits per heavy atom. The van der Waals surface area contributed by atoms with E-state index in [0.29, 0.717) is 11.8 Å². The van der Waals surface area contributed by atoms with Crippen LogP contribution in [-0.4, -0.2) is 5.78 Å². The van der Waals surface area contributed by atoms with E-state index in [2.05, 4.69) is 0 Å². The summed E-state index contributed by atoms with van der Waals surface area (Å²) in [6.45, 7) is 0. The van der Waals surface area contributed by atoms with Crippen LogP contribution in [0.3, 0.4) is 0 Å². The predicted octanol–water partition coefficient (Wildman–Crippen LogP) is 1.22. The first-order valence-electron chi connectivity index (χ1n) is 4.28. The van der Waals surface area contributed by atoms with Crippen LogP contribution in [0.4, 0.5) is 0 Å². The summed E-state index contributed by atoms with van der Waals surface area (Å²) >= 11 is 0. The summed E-state index contributed by atoms with van der Waals surface area (Å²) < 4.78 is 0. The van der Waals surface area contributed by atoms with Crippen molar-refractivity contribution in [2.45, 2.75) is 25.7 Å². The summed E-state index contributed by atoms with van der Waals surface area (Å²) in [5.41, 5.74) is 6.51. The zero-order chi connectivity index (χ0) is 7.84. The van der Waals surface area contributed by atoms with Gasteiger partial charge in [0, 0.05) is 17.7 Å². The van der Waals surface area contributed by atoms with Gasteiger partial charge in [-0.1, -0.05) is 0 Å². The molecule has 2 N–H and O–H groups in total. The Balaban J connectivity index is 1.93. The summed E-state index contributed by atoms with van der Waals surface area (Å²) in [6.07, 6.45) is 6.18. The number of hydrogen-bond acceptors (Lipinski definition) is 2. The normalized spacial score (nSPS) is 25.3. The van der Waals surface area contributed by atoms with Crippen LogP contribution in [0.25, 0.3) is 0 Å². The van der Waals surface area contributed by atoms with Gasteiger partial charge >= 0.3 is 0 Å². The van der Waals surface area contributed by atoms with Crippen molar-refractivity contribution in [3.05, 3.63) is 11.8 Å². The maximum Gasteiger partial charge on any atom is 0.160 e. The van der Waals surface area contributed by atoms with Crippen molar-refractivity contribution in [1.82, 2.24) is 0 Å². The molecule has 0 unspecified atom stereocenters. The second kappa shape index (κ2) is 2.36. The Morgan fingerprint density at radius 3 is 2.18 bits per heavy atom. The SMILES string of the molecule is N/C(=C\C(=O)C1CC1)C1CC1. The molecule has 2 aliphatic rings. The molecule has 0 atom stereocenters. The number of allylic oxidation sites excluding steroid dienone is 2. The van der Waals surface area contributed by atoms with Crippen LogP contribution in [0.15, 0.2) is 11.8 Å². The van der Waals surface area contributed by atoms with Crippen molar-refractivity contribution in [2.75, 3.05) is 0 Å². The van der Waals surface area contributed by atoms with Gasteiger partial charge in [0.2, 0.25) is 0 Å². The van der Waals surface area contributed by atoms with Gasteiger partial charge in [0.25, 0.3) is 0 Å². The van der Waals surface area contributed by atoms with Crippen molar-refractivity contribution in [3.8, 4) is 0 Å². The maximum atomic E-state index is 11.2. The van der Waals surface area contributed by atoms with Crippen molar-refractivity contribution in [3.63, 3.8) is 0 Å². The molecule has 0 aromatic carbocycles. The van der Waals surface area contributed by atoms with E-state index in [1.165, 1.54) is 12.8 Å². The summed E-state index contributed by atoms with van der Waals surface area (Å²) in [5, 5.41) is 0. The van der Waals surface area contributed by atoms with E-state index < -0.39 is 0 Å². The molecule has 0 aromatic heterocycles. The summed E-state index contributed by atoms with van der Waals surface area (Å²) in [5.74, 6) is 1.12. The minimum Gasteiger partial charge on any atom is -0.402 e. The lowest BCUT2D eigenvalue weighted by atomic mass is 10.2. The summed E-state index contributed by atoms with van der Waals surface area (Å²) in [6, 6.07) is 0. The molecule has 2 aliphatic carbocycles. The van der Waals surface area contributed by atoms with Gasteiger partial charge in [0.05, 0.1) is 0 Å². The molecule has 60 valence electrons. The highest BCUT2D eigenvalue weighted by atomic mass is 16.1. The first-order chi connectivity index (χ1) is 5.27. The van der Waals surface area contributed by atoms with Crippen LogP contribution in [0.1, 0.15) is 25.7 Å². The Bertz CT molecular complexity index is 212. The summed E-state index contributed by atoms with van der Waals surface area (Å²) in [4.78, 5) is 11.2. The van der Waals surface area contributed by atoms with Gasteiger partial charge in [-0.25, -0.2) is 0 Å². The van der Waals surface area contributed by atoms with Gasteiger partial charge in [-0.05, 0) is 31.6 Å².